The lowest BCUT2D eigenvalue weighted by Crippen LogP contribution is -2.46. The molecule has 27 heavy (non-hydrogen) atoms. The first-order valence-electron chi connectivity index (χ1n) is 8.61. The van der Waals surface area contributed by atoms with E-state index in [0.29, 0.717) is 24.5 Å². The highest BCUT2D eigenvalue weighted by Crippen LogP contribution is 2.17. The first-order chi connectivity index (χ1) is 13.0. The molecule has 2 aromatic carbocycles. The molecule has 6 nitrogen and oxygen atoms in total. The Bertz CT molecular complexity index is 826. The number of rotatable bonds is 6. The molecule has 1 atom stereocenters. The fourth-order valence-corrected chi connectivity index (χ4v) is 2.92. The smallest absolute Gasteiger partial charge is 0.306 e. The Morgan fingerprint density at radius 3 is 2.81 bits per heavy atom. The summed E-state index contributed by atoms with van der Waals surface area (Å²) in [5, 5.41) is 8.89. The molecule has 0 bridgehead atoms. The number of halogens is 1. The number of amides is 1. The fourth-order valence-electron chi connectivity index (χ4n) is 2.92. The highest BCUT2D eigenvalue weighted by molar-refractivity contribution is 5.94. The van der Waals surface area contributed by atoms with Crippen molar-refractivity contribution in [2.45, 2.75) is 19.1 Å². The van der Waals surface area contributed by atoms with Crippen LogP contribution >= 0.6 is 0 Å². The van der Waals surface area contributed by atoms with Crippen LogP contribution in [0.4, 0.5) is 4.39 Å². The van der Waals surface area contributed by atoms with Crippen LogP contribution in [-0.4, -0.2) is 47.7 Å². The second-order valence-electron chi connectivity index (χ2n) is 6.29. The Kier molecular flexibility index (Phi) is 6.03. The molecule has 1 fully saturated rings. The summed E-state index contributed by atoms with van der Waals surface area (Å²) < 4.78 is 24.2. The van der Waals surface area contributed by atoms with E-state index in [4.69, 9.17) is 14.6 Å². The van der Waals surface area contributed by atoms with Gasteiger partial charge in [0.2, 0.25) is 0 Å². The Balaban J connectivity index is 1.63. The third kappa shape index (κ3) is 5.27. The van der Waals surface area contributed by atoms with Gasteiger partial charge < -0.3 is 19.5 Å². The van der Waals surface area contributed by atoms with E-state index in [2.05, 4.69) is 0 Å². The SMILES string of the molecule is O=C(O)C[C@H]1CN(C(=O)c2cccc(COc3cccc(F)c3)c2)CCO1. The number of ether oxygens (including phenoxy) is 2. The number of benzene rings is 2. The molecule has 0 unspecified atom stereocenters. The van der Waals surface area contributed by atoms with Gasteiger partial charge in [0.05, 0.1) is 19.1 Å². The van der Waals surface area contributed by atoms with Crippen LogP contribution in [0.3, 0.4) is 0 Å². The normalized spacial score (nSPS) is 16.8. The topological polar surface area (TPSA) is 76.1 Å². The largest absolute Gasteiger partial charge is 0.489 e. The van der Waals surface area contributed by atoms with Crippen molar-refractivity contribution >= 4 is 11.9 Å². The van der Waals surface area contributed by atoms with E-state index in [0.717, 1.165) is 5.56 Å². The summed E-state index contributed by atoms with van der Waals surface area (Å²) in [7, 11) is 0. The van der Waals surface area contributed by atoms with Gasteiger partial charge in [-0.25, -0.2) is 4.39 Å². The summed E-state index contributed by atoms with van der Waals surface area (Å²) in [6.07, 6.45) is -0.634. The van der Waals surface area contributed by atoms with Gasteiger partial charge in [-0.1, -0.05) is 18.2 Å². The van der Waals surface area contributed by atoms with Crippen LogP contribution in [-0.2, 0) is 16.1 Å². The molecule has 0 spiro atoms. The van der Waals surface area contributed by atoms with E-state index >= 15 is 0 Å². The molecule has 0 aliphatic carbocycles. The van der Waals surface area contributed by atoms with Crippen LogP contribution in [0.15, 0.2) is 48.5 Å². The molecule has 0 radical (unpaired) electrons. The predicted octanol–water partition coefficient (Wildman–Crippen LogP) is 2.72. The molecule has 1 N–H and O–H groups in total. The summed E-state index contributed by atoms with van der Waals surface area (Å²) in [4.78, 5) is 25.2. The Hall–Kier alpha value is -2.93. The zero-order valence-electron chi connectivity index (χ0n) is 14.6. The first-order valence-corrected chi connectivity index (χ1v) is 8.61. The minimum atomic E-state index is -0.953. The van der Waals surface area contributed by atoms with Crippen molar-refractivity contribution in [3.63, 3.8) is 0 Å². The summed E-state index contributed by atoms with van der Waals surface area (Å²) in [6, 6.07) is 12.9. The summed E-state index contributed by atoms with van der Waals surface area (Å²) in [6.45, 7) is 1.18. The van der Waals surface area contributed by atoms with Crippen molar-refractivity contribution in [2.75, 3.05) is 19.7 Å². The lowest BCUT2D eigenvalue weighted by Gasteiger charge is -2.32. The molecule has 0 saturated carbocycles. The molecule has 0 aromatic heterocycles. The average Bonchev–Trinajstić information content (AvgIpc) is 2.66. The van der Waals surface area contributed by atoms with Gasteiger partial charge in [-0.15, -0.1) is 0 Å². The minimum absolute atomic E-state index is 0.134. The fraction of sp³-hybridized carbons (Fsp3) is 0.300. The molecule has 1 aliphatic rings. The summed E-state index contributed by atoms with van der Waals surface area (Å²) >= 11 is 0. The van der Waals surface area contributed by atoms with Crippen LogP contribution in [0.5, 0.6) is 5.75 Å². The highest BCUT2D eigenvalue weighted by atomic mass is 19.1. The molecule has 142 valence electrons. The van der Waals surface area contributed by atoms with Gasteiger partial charge in [0.25, 0.3) is 5.91 Å². The molecule has 2 aromatic rings. The van der Waals surface area contributed by atoms with Crippen molar-refractivity contribution in [1.82, 2.24) is 4.90 Å². The quantitative estimate of drug-likeness (QED) is 0.843. The number of aliphatic carboxylic acids is 1. The number of carbonyl (C=O) groups is 2. The van der Waals surface area contributed by atoms with Gasteiger partial charge in [0.15, 0.2) is 0 Å². The van der Waals surface area contributed by atoms with Gasteiger partial charge in [0, 0.05) is 24.7 Å². The highest BCUT2D eigenvalue weighted by Gasteiger charge is 2.26. The van der Waals surface area contributed by atoms with Crippen molar-refractivity contribution < 1.29 is 28.6 Å². The number of carboxylic acids is 1. The van der Waals surface area contributed by atoms with Gasteiger partial charge >= 0.3 is 5.97 Å². The maximum Gasteiger partial charge on any atom is 0.306 e. The third-order valence-electron chi connectivity index (χ3n) is 4.20. The second-order valence-corrected chi connectivity index (χ2v) is 6.29. The molecule has 1 saturated heterocycles. The number of hydrogen-bond donors (Lipinski definition) is 1. The molecular formula is C20H20FNO5. The van der Waals surface area contributed by atoms with Gasteiger partial charge in [-0.2, -0.15) is 0 Å². The lowest BCUT2D eigenvalue weighted by atomic mass is 10.1. The monoisotopic (exact) mass is 373 g/mol. The number of morpholine rings is 1. The van der Waals surface area contributed by atoms with E-state index in [1.54, 1.807) is 35.2 Å². The first kappa shape index (κ1) is 18.8. The maximum absolute atomic E-state index is 13.2. The lowest BCUT2D eigenvalue weighted by molar-refractivity contribution is -0.141. The summed E-state index contributed by atoms with van der Waals surface area (Å²) in [5.41, 5.74) is 1.27. The minimum Gasteiger partial charge on any atom is -0.489 e. The average molecular weight is 373 g/mol. The van der Waals surface area contributed by atoms with Gasteiger partial charge in [-0.05, 0) is 29.8 Å². The van der Waals surface area contributed by atoms with Crippen molar-refractivity contribution in [1.29, 1.82) is 0 Å². The Morgan fingerprint density at radius 1 is 1.22 bits per heavy atom. The second kappa shape index (κ2) is 8.64. The molecule has 7 heteroatoms. The molecule has 1 aliphatic heterocycles. The molecular weight excluding hydrogens is 353 g/mol. The number of hydrogen-bond acceptors (Lipinski definition) is 4. The standard InChI is InChI=1S/C20H20FNO5/c21-16-5-2-6-17(10-16)27-13-14-3-1-4-15(9-14)20(25)22-7-8-26-18(12-22)11-19(23)24/h1-6,9-10,18H,7-8,11-13H2,(H,23,24)/t18-/m0/s1. The van der Waals surface area contributed by atoms with Gasteiger partial charge in [-0.3, -0.25) is 9.59 Å². The summed E-state index contributed by atoms with van der Waals surface area (Å²) in [5.74, 6) is -1.09. The molecule has 1 heterocycles. The van der Waals surface area contributed by atoms with Crippen LogP contribution in [0.25, 0.3) is 0 Å². The van der Waals surface area contributed by atoms with E-state index in [1.165, 1.54) is 12.1 Å². The third-order valence-corrected chi connectivity index (χ3v) is 4.20. The van der Waals surface area contributed by atoms with E-state index in [-0.39, 0.29) is 31.3 Å². The van der Waals surface area contributed by atoms with Crippen LogP contribution in [0.1, 0.15) is 22.3 Å². The molecule has 1 amide bonds. The van der Waals surface area contributed by atoms with E-state index < -0.39 is 12.1 Å². The van der Waals surface area contributed by atoms with Crippen LogP contribution < -0.4 is 4.74 Å². The number of nitrogens with zero attached hydrogens (tertiary/aromatic N) is 1. The zero-order valence-corrected chi connectivity index (χ0v) is 14.6. The predicted molar refractivity (Wildman–Crippen MR) is 95.1 cm³/mol. The maximum atomic E-state index is 13.2. The van der Waals surface area contributed by atoms with E-state index in [9.17, 15) is 14.0 Å². The zero-order chi connectivity index (χ0) is 19.2. The number of carbonyl (C=O) groups excluding carboxylic acids is 1. The van der Waals surface area contributed by atoms with E-state index in [1.807, 2.05) is 6.07 Å². The van der Waals surface area contributed by atoms with Gasteiger partial charge in [0.1, 0.15) is 18.2 Å². The van der Waals surface area contributed by atoms with Crippen molar-refractivity contribution in [3.05, 3.63) is 65.5 Å². The van der Waals surface area contributed by atoms with Crippen LogP contribution in [0.2, 0.25) is 0 Å². The van der Waals surface area contributed by atoms with Crippen LogP contribution in [0, 0.1) is 5.82 Å². The Labute approximate surface area is 156 Å². The number of carboxylic acid groups (broad SMARTS) is 1. The Morgan fingerprint density at radius 2 is 2.04 bits per heavy atom. The van der Waals surface area contributed by atoms with Crippen molar-refractivity contribution in [3.8, 4) is 5.75 Å². The molecule has 3 rings (SSSR count). The van der Waals surface area contributed by atoms with Crippen molar-refractivity contribution in [2.24, 2.45) is 0 Å².